The Morgan fingerprint density at radius 3 is 2.10 bits per heavy atom. The number of nitrogens with zero attached hydrogens (tertiary/aromatic N) is 1. The second-order valence-corrected chi connectivity index (χ2v) is 9.31. The second kappa shape index (κ2) is 9.69. The summed E-state index contributed by atoms with van der Waals surface area (Å²) < 4.78 is 0.271. The molecule has 2 N–H and O–H groups in total. The first-order chi connectivity index (χ1) is 14.3. The molecule has 1 saturated heterocycles. The van der Waals surface area contributed by atoms with Crippen molar-refractivity contribution < 1.29 is 19.8 Å². The van der Waals surface area contributed by atoms with E-state index in [-0.39, 0.29) is 4.75 Å². The van der Waals surface area contributed by atoms with Crippen LogP contribution in [0, 0.1) is 0 Å². The van der Waals surface area contributed by atoms with Crippen molar-refractivity contribution >= 4 is 35.3 Å². The van der Waals surface area contributed by atoms with Crippen LogP contribution >= 0.6 is 23.4 Å². The van der Waals surface area contributed by atoms with Gasteiger partial charge in [0.15, 0.2) is 0 Å². The van der Waals surface area contributed by atoms with Gasteiger partial charge in [0.25, 0.3) is 0 Å². The highest BCUT2D eigenvalue weighted by Crippen LogP contribution is 2.61. The third kappa shape index (κ3) is 5.06. The lowest BCUT2D eigenvalue weighted by molar-refractivity contribution is -0.134. The molecule has 1 atom stereocenters. The van der Waals surface area contributed by atoms with E-state index in [1.807, 2.05) is 12.1 Å². The highest BCUT2D eigenvalue weighted by molar-refractivity contribution is 8.01. The normalized spacial score (nSPS) is 19.9. The van der Waals surface area contributed by atoms with Crippen LogP contribution < -0.4 is 0 Å². The fourth-order valence-corrected chi connectivity index (χ4v) is 6.08. The van der Waals surface area contributed by atoms with Gasteiger partial charge in [-0.15, -0.1) is 11.8 Å². The van der Waals surface area contributed by atoms with E-state index >= 15 is 0 Å². The summed E-state index contributed by atoms with van der Waals surface area (Å²) in [5, 5.41) is 16.9. The third-order valence-corrected chi connectivity index (χ3v) is 7.60. The van der Waals surface area contributed by atoms with Gasteiger partial charge in [-0.25, -0.2) is 9.59 Å². The van der Waals surface area contributed by atoms with Gasteiger partial charge in [0, 0.05) is 21.9 Å². The molecule has 1 unspecified atom stereocenters. The van der Waals surface area contributed by atoms with Gasteiger partial charge in [-0.05, 0) is 55.7 Å². The van der Waals surface area contributed by atoms with Crippen LogP contribution in [0.5, 0.6) is 0 Å². The molecule has 4 rings (SSSR count). The summed E-state index contributed by atoms with van der Waals surface area (Å²) in [5.41, 5.74) is 4.26. The molecule has 30 heavy (non-hydrogen) atoms. The van der Waals surface area contributed by atoms with Crippen LogP contribution in [0.4, 0.5) is 0 Å². The second-order valence-electron chi connectivity index (χ2n) is 7.41. The van der Waals surface area contributed by atoms with Crippen molar-refractivity contribution in [1.82, 2.24) is 4.90 Å². The highest BCUT2D eigenvalue weighted by atomic mass is 35.5. The predicted molar refractivity (Wildman–Crippen MR) is 120 cm³/mol. The number of piperidine rings is 1. The van der Waals surface area contributed by atoms with E-state index in [0.717, 1.165) is 5.02 Å². The standard InChI is InChI=1S/C19H20ClNS.C4H4O4/c1-21-12-10-19(11-13-21)16-8-4-2-6-14(16)18(22-19)15-7-3-5-9-17(15)20;5-3(6)1-2-4(7)8/h2-9,18H,10-13H2,1H3;1-2H,(H,5,6)(H,7,8)/b;2-1-. The van der Waals surface area contributed by atoms with Crippen molar-refractivity contribution in [2.45, 2.75) is 22.8 Å². The Labute approximate surface area is 185 Å². The summed E-state index contributed by atoms with van der Waals surface area (Å²) in [5.74, 6) is -2.51. The molecule has 2 heterocycles. The first-order valence-corrected chi connectivity index (χ1v) is 10.9. The van der Waals surface area contributed by atoms with Crippen LogP contribution in [0.15, 0.2) is 60.7 Å². The van der Waals surface area contributed by atoms with Gasteiger partial charge in [-0.3, -0.25) is 0 Å². The lowest BCUT2D eigenvalue weighted by Gasteiger charge is -2.38. The van der Waals surface area contributed by atoms with Crippen molar-refractivity contribution in [3.8, 4) is 0 Å². The molecule has 1 fully saturated rings. The maximum absolute atomic E-state index is 9.55. The predicted octanol–water partition coefficient (Wildman–Crippen LogP) is 4.81. The monoisotopic (exact) mass is 445 g/mol. The number of carboxylic acids is 2. The van der Waals surface area contributed by atoms with Crippen LogP contribution in [0.2, 0.25) is 5.02 Å². The van der Waals surface area contributed by atoms with E-state index in [2.05, 4.69) is 60.1 Å². The van der Waals surface area contributed by atoms with E-state index in [9.17, 15) is 9.59 Å². The summed E-state index contributed by atoms with van der Waals surface area (Å²) in [6.07, 6.45) is 3.57. The molecule has 1 spiro atoms. The number of rotatable bonds is 3. The van der Waals surface area contributed by atoms with E-state index in [1.165, 1.54) is 42.6 Å². The fourth-order valence-electron chi connectivity index (χ4n) is 3.92. The minimum absolute atomic E-state index is 0.271. The van der Waals surface area contributed by atoms with Crippen molar-refractivity contribution in [2.24, 2.45) is 0 Å². The van der Waals surface area contributed by atoms with Crippen molar-refractivity contribution in [3.05, 3.63) is 82.4 Å². The average Bonchev–Trinajstić information content (AvgIpc) is 3.04. The van der Waals surface area contributed by atoms with Gasteiger partial charge in [-0.1, -0.05) is 54.1 Å². The fraction of sp³-hybridized carbons (Fsp3) is 0.304. The molecule has 0 amide bonds. The molecule has 0 radical (unpaired) electrons. The summed E-state index contributed by atoms with van der Waals surface area (Å²) in [6.45, 7) is 2.35. The molecule has 0 aliphatic carbocycles. The Morgan fingerprint density at radius 2 is 1.53 bits per heavy atom. The lowest BCUT2D eigenvalue weighted by Crippen LogP contribution is -2.37. The number of carbonyl (C=O) groups is 2. The van der Waals surface area contributed by atoms with E-state index in [1.54, 1.807) is 0 Å². The maximum atomic E-state index is 9.55. The molecule has 5 nitrogen and oxygen atoms in total. The minimum Gasteiger partial charge on any atom is -0.478 e. The molecule has 2 aromatic rings. The zero-order chi connectivity index (χ0) is 21.7. The van der Waals surface area contributed by atoms with Gasteiger partial charge in [-0.2, -0.15) is 0 Å². The summed E-state index contributed by atoms with van der Waals surface area (Å²) >= 11 is 8.62. The van der Waals surface area contributed by atoms with Crippen molar-refractivity contribution in [3.63, 3.8) is 0 Å². The van der Waals surface area contributed by atoms with E-state index < -0.39 is 11.9 Å². The Morgan fingerprint density at radius 1 is 1.00 bits per heavy atom. The number of hydrogen-bond donors (Lipinski definition) is 2. The first-order valence-electron chi connectivity index (χ1n) is 9.66. The molecular weight excluding hydrogens is 422 g/mol. The third-order valence-electron chi connectivity index (χ3n) is 5.43. The average molecular weight is 446 g/mol. The van der Waals surface area contributed by atoms with Crippen LogP contribution in [-0.2, 0) is 14.3 Å². The van der Waals surface area contributed by atoms with Crippen LogP contribution in [-0.4, -0.2) is 47.2 Å². The number of halogens is 1. The van der Waals surface area contributed by atoms with Gasteiger partial charge >= 0.3 is 11.9 Å². The number of benzene rings is 2. The molecule has 0 bridgehead atoms. The SMILES string of the molecule is CN1CCC2(CC1)SC(c1ccccc1Cl)c1ccccc12.O=C(O)/C=C\C(=O)O. The van der Waals surface area contributed by atoms with E-state index in [0.29, 0.717) is 17.4 Å². The smallest absolute Gasteiger partial charge is 0.328 e. The lowest BCUT2D eigenvalue weighted by atomic mass is 9.84. The quantitative estimate of drug-likeness (QED) is 0.660. The summed E-state index contributed by atoms with van der Waals surface area (Å²) in [6, 6.07) is 17.3. The zero-order valence-corrected chi connectivity index (χ0v) is 18.2. The zero-order valence-electron chi connectivity index (χ0n) is 16.6. The Bertz CT molecular complexity index is 938. The van der Waals surface area contributed by atoms with Gasteiger partial charge < -0.3 is 15.1 Å². The van der Waals surface area contributed by atoms with Crippen LogP contribution in [0.1, 0.15) is 34.8 Å². The number of thioether (sulfide) groups is 1. The highest BCUT2D eigenvalue weighted by Gasteiger charge is 2.46. The number of hydrogen-bond acceptors (Lipinski definition) is 4. The molecule has 0 saturated carbocycles. The van der Waals surface area contributed by atoms with Crippen LogP contribution in [0.25, 0.3) is 0 Å². The van der Waals surface area contributed by atoms with Crippen LogP contribution in [0.3, 0.4) is 0 Å². The Balaban J connectivity index is 0.000000275. The van der Waals surface area contributed by atoms with Crippen molar-refractivity contribution in [1.29, 1.82) is 0 Å². The van der Waals surface area contributed by atoms with Gasteiger partial charge in [0.2, 0.25) is 0 Å². The van der Waals surface area contributed by atoms with Crippen molar-refractivity contribution in [2.75, 3.05) is 20.1 Å². The molecule has 2 aromatic carbocycles. The number of carboxylic acid groups (broad SMARTS) is 2. The van der Waals surface area contributed by atoms with Gasteiger partial charge in [0.05, 0.1) is 5.25 Å². The maximum Gasteiger partial charge on any atom is 0.328 e. The van der Waals surface area contributed by atoms with E-state index in [4.69, 9.17) is 21.8 Å². The van der Waals surface area contributed by atoms with Gasteiger partial charge in [0.1, 0.15) is 0 Å². The number of aliphatic carboxylic acids is 2. The number of likely N-dealkylation sites (tertiary alicyclic amines) is 1. The minimum atomic E-state index is -1.26. The Hall–Kier alpha value is -2.28. The topological polar surface area (TPSA) is 77.8 Å². The molecule has 0 aromatic heterocycles. The molecular formula is C23H24ClNO4S. The molecule has 158 valence electrons. The summed E-state index contributed by atoms with van der Waals surface area (Å²) in [7, 11) is 2.23. The Kier molecular flexibility index (Phi) is 7.23. The molecule has 2 aliphatic rings. The number of fused-ring (bicyclic) bond motifs is 2. The molecule has 7 heteroatoms. The first kappa shape index (κ1) is 22.4. The molecule has 2 aliphatic heterocycles. The summed E-state index contributed by atoms with van der Waals surface area (Å²) in [4.78, 5) is 21.5. The largest absolute Gasteiger partial charge is 0.478 e.